The first-order valence-corrected chi connectivity index (χ1v) is 5.12. The van der Waals surface area contributed by atoms with Gasteiger partial charge in [-0.3, -0.25) is 4.79 Å². The van der Waals surface area contributed by atoms with E-state index in [0.717, 1.165) is 0 Å². The van der Waals surface area contributed by atoms with Crippen molar-refractivity contribution in [2.75, 3.05) is 6.54 Å². The summed E-state index contributed by atoms with van der Waals surface area (Å²) in [4.78, 5) is 11.3. The Morgan fingerprint density at radius 3 is 2.62 bits per heavy atom. The summed E-state index contributed by atoms with van der Waals surface area (Å²) in [6, 6.07) is 4.37. The Bertz CT molecular complexity index is 406. The third kappa shape index (κ3) is 2.22. The molecule has 0 saturated heterocycles. The molecule has 88 valence electrons. The van der Waals surface area contributed by atoms with E-state index < -0.39 is 11.4 Å². The zero-order chi connectivity index (χ0) is 12.3. The van der Waals surface area contributed by atoms with Gasteiger partial charge in [-0.1, -0.05) is 12.1 Å². The third-order valence-electron chi connectivity index (χ3n) is 2.91. The molecule has 1 unspecified atom stereocenters. The molecule has 0 fully saturated rings. The number of hydrogen-bond donors (Lipinski definition) is 2. The number of aliphatic carboxylic acids is 1. The Labute approximate surface area is 94.1 Å². The van der Waals surface area contributed by atoms with E-state index in [9.17, 15) is 14.3 Å². The van der Waals surface area contributed by atoms with Crippen LogP contribution in [-0.2, 0) is 10.2 Å². The molecule has 16 heavy (non-hydrogen) atoms. The smallest absolute Gasteiger partial charge is 0.313 e. The standard InChI is InChI=1S/C12H16FNO2/c1-8-7-9(3-4-10(8)13)12(2,5-6-14)11(15)16/h3-4,7H,5-6,14H2,1-2H3,(H,15,16). The lowest BCUT2D eigenvalue weighted by Gasteiger charge is -2.25. The quantitative estimate of drug-likeness (QED) is 0.821. The molecule has 0 aliphatic rings. The number of carboxylic acid groups (broad SMARTS) is 1. The molecule has 1 aromatic carbocycles. The minimum absolute atomic E-state index is 0.277. The summed E-state index contributed by atoms with van der Waals surface area (Å²) in [6.45, 7) is 3.50. The van der Waals surface area contributed by atoms with Crippen LogP contribution in [0.1, 0.15) is 24.5 Å². The van der Waals surface area contributed by atoms with Crippen molar-refractivity contribution in [1.82, 2.24) is 0 Å². The van der Waals surface area contributed by atoms with Crippen LogP contribution in [0.5, 0.6) is 0 Å². The molecule has 4 heteroatoms. The lowest BCUT2D eigenvalue weighted by Crippen LogP contribution is -2.34. The second-order valence-electron chi connectivity index (χ2n) is 4.14. The van der Waals surface area contributed by atoms with Gasteiger partial charge in [-0.15, -0.1) is 0 Å². The molecule has 0 spiro atoms. The van der Waals surface area contributed by atoms with Crippen molar-refractivity contribution in [3.8, 4) is 0 Å². The van der Waals surface area contributed by atoms with Gasteiger partial charge in [-0.2, -0.15) is 0 Å². The molecule has 3 N–H and O–H groups in total. The third-order valence-corrected chi connectivity index (χ3v) is 2.91. The highest BCUT2D eigenvalue weighted by Gasteiger charge is 2.34. The fourth-order valence-electron chi connectivity index (χ4n) is 1.65. The van der Waals surface area contributed by atoms with Crippen LogP contribution in [0.25, 0.3) is 0 Å². The van der Waals surface area contributed by atoms with Gasteiger partial charge < -0.3 is 10.8 Å². The molecule has 0 aliphatic carbocycles. The fourth-order valence-corrected chi connectivity index (χ4v) is 1.65. The van der Waals surface area contributed by atoms with Gasteiger partial charge in [0.05, 0.1) is 5.41 Å². The average Bonchev–Trinajstić information content (AvgIpc) is 2.22. The van der Waals surface area contributed by atoms with E-state index in [-0.39, 0.29) is 12.4 Å². The van der Waals surface area contributed by atoms with Crippen molar-refractivity contribution in [3.63, 3.8) is 0 Å². The molecular formula is C12H16FNO2. The first-order valence-electron chi connectivity index (χ1n) is 5.12. The molecule has 0 heterocycles. The van der Waals surface area contributed by atoms with Crippen LogP contribution in [0.4, 0.5) is 4.39 Å². The van der Waals surface area contributed by atoms with Crippen molar-refractivity contribution in [1.29, 1.82) is 0 Å². The van der Waals surface area contributed by atoms with Gasteiger partial charge in [0.15, 0.2) is 0 Å². The van der Waals surface area contributed by atoms with Gasteiger partial charge in [-0.05, 0) is 44.0 Å². The highest BCUT2D eigenvalue weighted by atomic mass is 19.1. The van der Waals surface area contributed by atoms with E-state index in [1.807, 2.05) is 0 Å². The largest absolute Gasteiger partial charge is 0.481 e. The zero-order valence-corrected chi connectivity index (χ0v) is 9.46. The predicted molar refractivity (Wildman–Crippen MR) is 59.8 cm³/mol. The van der Waals surface area contributed by atoms with Crippen molar-refractivity contribution in [2.45, 2.75) is 25.7 Å². The van der Waals surface area contributed by atoms with E-state index in [2.05, 4.69) is 0 Å². The molecular weight excluding hydrogens is 209 g/mol. The lowest BCUT2D eigenvalue weighted by molar-refractivity contribution is -0.143. The lowest BCUT2D eigenvalue weighted by atomic mass is 9.79. The second-order valence-corrected chi connectivity index (χ2v) is 4.14. The topological polar surface area (TPSA) is 63.3 Å². The predicted octanol–water partition coefficient (Wildman–Crippen LogP) is 1.83. The molecule has 0 radical (unpaired) electrons. The highest BCUT2D eigenvalue weighted by molar-refractivity contribution is 5.80. The molecule has 1 rings (SSSR count). The Kier molecular flexibility index (Phi) is 3.65. The van der Waals surface area contributed by atoms with Gasteiger partial charge in [0.25, 0.3) is 0 Å². The van der Waals surface area contributed by atoms with Gasteiger partial charge in [-0.25, -0.2) is 4.39 Å². The summed E-state index contributed by atoms with van der Waals surface area (Å²) in [7, 11) is 0. The average molecular weight is 225 g/mol. The number of hydrogen-bond acceptors (Lipinski definition) is 2. The number of aryl methyl sites for hydroxylation is 1. The van der Waals surface area contributed by atoms with Crippen LogP contribution in [0.2, 0.25) is 0 Å². The first-order chi connectivity index (χ1) is 7.41. The van der Waals surface area contributed by atoms with E-state index in [1.165, 1.54) is 12.1 Å². The maximum atomic E-state index is 13.1. The summed E-state index contributed by atoms with van der Waals surface area (Å²) < 4.78 is 13.1. The first kappa shape index (κ1) is 12.6. The van der Waals surface area contributed by atoms with Crippen molar-refractivity contribution < 1.29 is 14.3 Å². The summed E-state index contributed by atoms with van der Waals surface area (Å²) in [5, 5.41) is 9.23. The van der Waals surface area contributed by atoms with Crippen molar-refractivity contribution in [3.05, 3.63) is 35.1 Å². The Hall–Kier alpha value is -1.42. The molecule has 0 amide bonds. The number of carbonyl (C=O) groups is 1. The van der Waals surface area contributed by atoms with Gasteiger partial charge in [0.1, 0.15) is 5.82 Å². The van der Waals surface area contributed by atoms with E-state index in [0.29, 0.717) is 17.5 Å². The van der Waals surface area contributed by atoms with Gasteiger partial charge in [0.2, 0.25) is 0 Å². The van der Waals surface area contributed by atoms with Crippen LogP contribution in [0.15, 0.2) is 18.2 Å². The van der Waals surface area contributed by atoms with E-state index in [1.54, 1.807) is 19.9 Å². The Morgan fingerprint density at radius 1 is 1.56 bits per heavy atom. The Balaban J connectivity index is 3.21. The summed E-state index contributed by atoms with van der Waals surface area (Å²) in [6.07, 6.45) is 0.327. The van der Waals surface area contributed by atoms with Crippen LogP contribution in [-0.4, -0.2) is 17.6 Å². The number of carboxylic acids is 1. The summed E-state index contributed by atoms with van der Waals surface area (Å²) >= 11 is 0. The van der Waals surface area contributed by atoms with Crippen LogP contribution >= 0.6 is 0 Å². The van der Waals surface area contributed by atoms with Crippen molar-refractivity contribution in [2.24, 2.45) is 5.73 Å². The number of nitrogens with two attached hydrogens (primary N) is 1. The second kappa shape index (κ2) is 4.61. The molecule has 1 aromatic rings. The molecule has 0 aliphatic heterocycles. The summed E-state index contributed by atoms with van der Waals surface area (Å²) in [5.41, 5.74) is 5.41. The Morgan fingerprint density at radius 2 is 2.19 bits per heavy atom. The SMILES string of the molecule is Cc1cc(C(C)(CCN)C(=O)O)ccc1F. The van der Waals surface area contributed by atoms with Crippen LogP contribution in [0.3, 0.4) is 0 Å². The number of rotatable bonds is 4. The van der Waals surface area contributed by atoms with Gasteiger partial charge in [0, 0.05) is 0 Å². The number of benzene rings is 1. The normalized spacial score (nSPS) is 14.5. The molecule has 0 bridgehead atoms. The summed E-state index contributed by atoms with van der Waals surface area (Å²) in [5.74, 6) is -1.27. The number of halogens is 1. The molecule has 0 aromatic heterocycles. The van der Waals surface area contributed by atoms with Crippen LogP contribution in [0, 0.1) is 12.7 Å². The molecule has 0 saturated carbocycles. The maximum Gasteiger partial charge on any atom is 0.313 e. The highest BCUT2D eigenvalue weighted by Crippen LogP contribution is 2.28. The van der Waals surface area contributed by atoms with E-state index in [4.69, 9.17) is 5.73 Å². The van der Waals surface area contributed by atoms with Crippen molar-refractivity contribution >= 4 is 5.97 Å². The monoisotopic (exact) mass is 225 g/mol. The maximum absolute atomic E-state index is 13.1. The zero-order valence-electron chi connectivity index (χ0n) is 9.46. The minimum atomic E-state index is -1.05. The van der Waals surface area contributed by atoms with E-state index >= 15 is 0 Å². The van der Waals surface area contributed by atoms with Gasteiger partial charge >= 0.3 is 5.97 Å². The molecule has 1 atom stereocenters. The minimum Gasteiger partial charge on any atom is -0.481 e. The molecule has 3 nitrogen and oxygen atoms in total. The van der Waals surface area contributed by atoms with Crippen LogP contribution < -0.4 is 5.73 Å². The fraction of sp³-hybridized carbons (Fsp3) is 0.417.